The number of hydrogen-bond donors (Lipinski definition) is 0. The van der Waals surface area contributed by atoms with Crippen molar-refractivity contribution in [3.8, 4) is 0 Å². The minimum atomic E-state index is 0.137. The molecule has 2 atom stereocenters. The van der Waals surface area contributed by atoms with Crippen LogP contribution in [0.15, 0.2) is 12.7 Å². The fourth-order valence-corrected chi connectivity index (χ4v) is 1.74. The lowest BCUT2D eigenvalue weighted by atomic mass is 9.94. The van der Waals surface area contributed by atoms with Crippen molar-refractivity contribution in [1.29, 1.82) is 0 Å². The first kappa shape index (κ1) is 8.79. The van der Waals surface area contributed by atoms with Gasteiger partial charge in [0.25, 0.3) is 0 Å². The summed E-state index contributed by atoms with van der Waals surface area (Å²) in [6, 6.07) is 0. The average Bonchev–Trinajstić information content (AvgIpc) is 2.65. The van der Waals surface area contributed by atoms with Crippen molar-refractivity contribution in [2.24, 2.45) is 0 Å². The highest BCUT2D eigenvalue weighted by molar-refractivity contribution is 5.05. The van der Waals surface area contributed by atoms with Gasteiger partial charge in [0.2, 0.25) is 0 Å². The van der Waals surface area contributed by atoms with Crippen molar-refractivity contribution in [1.82, 2.24) is 0 Å². The van der Waals surface area contributed by atoms with E-state index in [9.17, 15) is 0 Å². The second-order valence-corrected chi connectivity index (χ2v) is 3.20. The minimum Gasteiger partial charge on any atom is -0.366 e. The zero-order chi connectivity index (χ0) is 8.32. The average molecular weight is 153 g/mol. The monoisotopic (exact) mass is 153 g/mol. The molecule has 1 heterocycles. The van der Waals surface area contributed by atoms with Crippen molar-refractivity contribution >= 4 is 0 Å². The van der Waals surface area contributed by atoms with E-state index in [4.69, 9.17) is 4.74 Å². The summed E-state index contributed by atoms with van der Waals surface area (Å²) in [6.07, 6.45) is 6.57. The van der Waals surface area contributed by atoms with Crippen LogP contribution in [-0.2, 0) is 4.74 Å². The maximum absolute atomic E-state index is 5.60. The second kappa shape index (κ2) is 3.40. The van der Waals surface area contributed by atoms with Crippen LogP contribution >= 0.6 is 0 Å². The van der Waals surface area contributed by atoms with E-state index in [-0.39, 0.29) is 5.60 Å². The summed E-state index contributed by atoms with van der Waals surface area (Å²) in [5.74, 6) is 0. The van der Waals surface area contributed by atoms with Gasteiger partial charge in [-0.05, 0) is 19.3 Å². The van der Waals surface area contributed by atoms with Crippen LogP contribution in [0.1, 0.15) is 32.6 Å². The van der Waals surface area contributed by atoms with E-state index in [1.54, 1.807) is 0 Å². The smallest absolute Gasteiger partial charge is 0.0982 e. The van der Waals surface area contributed by atoms with E-state index in [2.05, 4.69) is 20.4 Å². The van der Waals surface area contributed by atoms with Crippen LogP contribution in [0.2, 0.25) is 0 Å². The molecule has 1 fully saturated rings. The molecule has 0 saturated carbocycles. The Hall–Kier alpha value is -0.300. The van der Waals surface area contributed by atoms with Crippen LogP contribution in [0.25, 0.3) is 0 Å². The Morgan fingerprint density at radius 1 is 1.64 bits per heavy atom. The van der Waals surface area contributed by atoms with E-state index in [0.717, 1.165) is 19.3 Å². The normalized spacial score (nSPS) is 35.3. The minimum absolute atomic E-state index is 0.137. The van der Waals surface area contributed by atoms with Crippen molar-refractivity contribution in [2.75, 3.05) is 0 Å². The van der Waals surface area contributed by atoms with Gasteiger partial charge < -0.3 is 4.74 Å². The Balaban J connectivity index is 2.40. The molecule has 2 unspecified atom stereocenters. The molecule has 0 amide bonds. The first-order chi connectivity index (χ1) is 5.29. The topological polar surface area (TPSA) is 12.5 Å². The third kappa shape index (κ3) is 1.64. The zero-order valence-corrected chi connectivity index (χ0v) is 7.31. The largest absolute Gasteiger partial charge is 0.366 e. The zero-order valence-electron chi connectivity index (χ0n) is 7.31. The fourth-order valence-electron chi connectivity index (χ4n) is 1.74. The van der Waals surface area contributed by atoms with Crippen LogP contribution in [-0.4, -0.2) is 11.7 Å². The summed E-state index contributed by atoms with van der Waals surface area (Å²) in [5, 5.41) is 0. The lowest BCUT2D eigenvalue weighted by molar-refractivity contribution is 0.279. The van der Waals surface area contributed by atoms with E-state index in [1.807, 2.05) is 6.08 Å². The van der Waals surface area contributed by atoms with Gasteiger partial charge in [-0.25, -0.2) is 0 Å². The molecule has 1 aliphatic heterocycles. The van der Waals surface area contributed by atoms with Crippen molar-refractivity contribution in [3.63, 3.8) is 0 Å². The molecule has 0 N–H and O–H groups in total. The molecule has 1 heteroatoms. The highest BCUT2D eigenvalue weighted by atomic mass is 16.6. The molecule has 0 spiro atoms. The van der Waals surface area contributed by atoms with Crippen LogP contribution in [0.4, 0.5) is 0 Å². The Kier molecular flexibility index (Phi) is 2.72. The summed E-state index contributed by atoms with van der Waals surface area (Å²) in [7, 11) is 0. The van der Waals surface area contributed by atoms with Crippen LogP contribution < -0.4 is 0 Å². The van der Waals surface area contributed by atoms with Gasteiger partial charge in [0, 0.05) is 0 Å². The maximum atomic E-state index is 5.60. The lowest BCUT2D eigenvalue weighted by Gasteiger charge is -2.07. The molecule has 0 bridgehead atoms. The molecule has 1 radical (unpaired) electrons. The molecule has 1 aliphatic rings. The summed E-state index contributed by atoms with van der Waals surface area (Å²) in [6.45, 7) is 9.77. The molecular weight excluding hydrogens is 136 g/mol. The Bertz CT molecular complexity index is 142. The van der Waals surface area contributed by atoms with Gasteiger partial charge in [0.05, 0.1) is 11.7 Å². The van der Waals surface area contributed by atoms with Crippen LogP contribution in [0.3, 0.4) is 0 Å². The van der Waals surface area contributed by atoms with Gasteiger partial charge >= 0.3 is 0 Å². The molecule has 1 rings (SSSR count). The summed E-state index contributed by atoms with van der Waals surface area (Å²) in [5.41, 5.74) is 0.137. The predicted molar refractivity (Wildman–Crippen MR) is 47.3 cm³/mol. The number of epoxide rings is 1. The molecule has 0 aromatic carbocycles. The first-order valence-electron chi connectivity index (χ1n) is 4.37. The highest BCUT2D eigenvalue weighted by Crippen LogP contribution is 2.45. The van der Waals surface area contributed by atoms with Crippen molar-refractivity contribution in [2.45, 2.75) is 44.3 Å². The van der Waals surface area contributed by atoms with Gasteiger partial charge in [-0.2, -0.15) is 0 Å². The summed E-state index contributed by atoms with van der Waals surface area (Å²) in [4.78, 5) is 0. The van der Waals surface area contributed by atoms with E-state index in [1.165, 1.54) is 6.42 Å². The number of rotatable bonds is 5. The van der Waals surface area contributed by atoms with Gasteiger partial charge in [0.1, 0.15) is 0 Å². The maximum Gasteiger partial charge on any atom is 0.0982 e. The Morgan fingerprint density at radius 3 is 2.73 bits per heavy atom. The third-order valence-corrected chi connectivity index (χ3v) is 2.33. The van der Waals surface area contributed by atoms with Gasteiger partial charge in [0.15, 0.2) is 0 Å². The van der Waals surface area contributed by atoms with E-state index < -0.39 is 0 Å². The highest BCUT2D eigenvalue weighted by Gasteiger charge is 2.52. The molecule has 0 aromatic rings. The fraction of sp³-hybridized carbons (Fsp3) is 0.700. The van der Waals surface area contributed by atoms with E-state index >= 15 is 0 Å². The molecule has 0 aliphatic carbocycles. The summed E-state index contributed by atoms with van der Waals surface area (Å²) < 4.78 is 5.60. The predicted octanol–water partition coefficient (Wildman–Crippen LogP) is 2.72. The molecular formula is C10H17O. The van der Waals surface area contributed by atoms with Crippen LogP contribution in [0.5, 0.6) is 0 Å². The number of ether oxygens (including phenoxy) is 1. The molecule has 1 nitrogen and oxygen atoms in total. The summed E-state index contributed by atoms with van der Waals surface area (Å²) >= 11 is 0. The van der Waals surface area contributed by atoms with Crippen LogP contribution in [0, 0.1) is 6.92 Å². The molecule has 63 valence electrons. The van der Waals surface area contributed by atoms with Crippen molar-refractivity contribution in [3.05, 3.63) is 19.6 Å². The van der Waals surface area contributed by atoms with E-state index in [0.29, 0.717) is 6.10 Å². The number of hydrogen-bond acceptors (Lipinski definition) is 1. The first-order valence-corrected chi connectivity index (χ1v) is 4.37. The molecule has 1 saturated heterocycles. The SMILES string of the molecule is [CH2]CC1OC1(CC=C)CCC. The molecule has 11 heavy (non-hydrogen) atoms. The Morgan fingerprint density at radius 2 is 2.36 bits per heavy atom. The second-order valence-electron chi connectivity index (χ2n) is 3.20. The van der Waals surface area contributed by atoms with Gasteiger partial charge in [-0.1, -0.05) is 26.3 Å². The Labute approximate surface area is 69.4 Å². The quantitative estimate of drug-likeness (QED) is 0.437. The third-order valence-electron chi connectivity index (χ3n) is 2.33. The van der Waals surface area contributed by atoms with Gasteiger partial charge in [-0.15, -0.1) is 6.58 Å². The van der Waals surface area contributed by atoms with Gasteiger partial charge in [-0.3, -0.25) is 0 Å². The molecule has 0 aromatic heterocycles. The standard InChI is InChI=1S/C10H17O/c1-4-7-10(8-5-2)9(6-3)11-10/h4,9H,1,3,5-8H2,2H3. The lowest BCUT2D eigenvalue weighted by Crippen LogP contribution is -2.13. The van der Waals surface area contributed by atoms with Crippen molar-refractivity contribution < 1.29 is 4.74 Å².